The standard InChI is InChI=1S/C8H20N2O2S.C3H4O3/c1-5-9(6-2)13(11,12)10(7-3)8-4;4-3-5-1-2-6-3/h5-8H2,1-4H3;1-2H2. The lowest BCUT2D eigenvalue weighted by Crippen LogP contribution is -2.43. The first-order chi connectivity index (χ1) is 8.93. The Balaban J connectivity index is 0.000000443. The Morgan fingerprint density at radius 3 is 1.37 bits per heavy atom. The zero-order valence-electron chi connectivity index (χ0n) is 12.1. The number of carbonyl (C=O) groups excluding carboxylic acids is 1. The average Bonchev–Trinajstić information content (AvgIpc) is 2.83. The second-order valence-corrected chi connectivity index (χ2v) is 5.55. The molecule has 19 heavy (non-hydrogen) atoms. The van der Waals surface area contributed by atoms with E-state index in [1.807, 2.05) is 27.7 Å². The van der Waals surface area contributed by atoms with Crippen molar-refractivity contribution in [1.82, 2.24) is 8.61 Å². The van der Waals surface area contributed by atoms with Gasteiger partial charge in [-0.2, -0.15) is 17.0 Å². The molecule has 7 nitrogen and oxygen atoms in total. The lowest BCUT2D eigenvalue weighted by atomic mass is 10.7. The Kier molecular flexibility index (Phi) is 8.70. The molecule has 0 spiro atoms. The Bertz CT molecular complexity index is 324. The van der Waals surface area contributed by atoms with E-state index in [4.69, 9.17) is 0 Å². The number of carbonyl (C=O) groups is 1. The Hall–Kier alpha value is -0.860. The van der Waals surface area contributed by atoms with Crippen LogP contribution in [0.15, 0.2) is 0 Å². The Morgan fingerprint density at radius 2 is 1.21 bits per heavy atom. The van der Waals surface area contributed by atoms with E-state index in [1.54, 1.807) is 0 Å². The van der Waals surface area contributed by atoms with Crippen molar-refractivity contribution in [2.45, 2.75) is 27.7 Å². The summed E-state index contributed by atoms with van der Waals surface area (Å²) < 4.78 is 35.1. The minimum absolute atomic E-state index is 0.416. The molecule has 1 heterocycles. The van der Waals surface area contributed by atoms with Gasteiger partial charge in [-0.15, -0.1) is 0 Å². The first-order valence-electron chi connectivity index (χ1n) is 6.48. The van der Waals surface area contributed by atoms with Crippen molar-refractivity contribution in [2.75, 3.05) is 39.4 Å². The van der Waals surface area contributed by atoms with E-state index in [2.05, 4.69) is 9.47 Å². The van der Waals surface area contributed by atoms with Gasteiger partial charge in [0.05, 0.1) is 0 Å². The molecule has 1 rings (SSSR count). The maximum atomic E-state index is 11.8. The van der Waals surface area contributed by atoms with Crippen LogP contribution in [0.25, 0.3) is 0 Å². The van der Waals surface area contributed by atoms with Crippen molar-refractivity contribution in [3.8, 4) is 0 Å². The van der Waals surface area contributed by atoms with Gasteiger partial charge in [-0.1, -0.05) is 27.7 Å². The Morgan fingerprint density at radius 1 is 0.895 bits per heavy atom. The molecule has 0 aromatic heterocycles. The van der Waals surface area contributed by atoms with Gasteiger partial charge in [0.15, 0.2) is 0 Å². The molecule has 0 amide bonds. The summed E-state index contributed by atoms with van der Waals surface area (Å²) >= 11 is 0. The van der Waals surface area contributed by atoms with Crippen LogP contribution in [0.4, 0.5) is 4.79 Å². The summed E-state index contributed by atoms with van der Waals surface area (Å²) in [5.74, 6) is 0. The number of nitrogens with zero attached hydrogens (tertiary/aromatic N) is 2. The highest BCUT2D eigenvalue weighted by Gasteiger charge is 2.24. The molecule has 0 bridgehead atoms. The molecule has 0 aliphatic carbocycles. The number of cyclic esters (lactones) is 2. The van der Waals surface area contributed by atoms with Crippen LogP contribution in [0.2, 0.25) is 0 Å². The van der Waals surface area contributed by atoms with Crippen molar-refractivity contribution in [3.63, 3.8) is 0 Å². The topological polar surface area (TPSA) is 76.2 Å². The van der Waals surface area contributed by atoms with Crippen LogP contribution in [-0.4, -0.2) is 62.6 Å². The normalized spacial score (nSPS) is 14.9. The quantitative estimate of drug-likeness (QED) is 0.685. The molecule has 0 N–H and O–H groups in total. The number of hydrogen-bond acceptors (Lipinski definition) is 5. The van der Waals surface area contributed by atoms with Gasteiger partial charge in [0.1, 0.15) is 13.2 Å². The van der Waals surface area contributed by atoms with Crippen LogP contribution >= 0.6 is 0 Å². The van der Waals surface area contributed by atoms with Gasteiger partial charge in [-0.25, -0.2) is 4.79 Å². The van der Waals surface area contributed by atoms with Crippen LogP contribution in [0, 0.1) is 0 Å². The molecule has 8 heteroatoms. The largest absolute Gasteiger partial charge is 0.508 e. The predicted molar refractivity (Wildman–Crippen MR) is 72.1 cm³/mol. The van der Waals surface area contributed by atoms with Crippen LogP contribution < -0.4 is 0 Å². The summed E-state index contributed by atoms with van der Waals surface area (Å²) in [4.78, 5) is 9.80. The van der Waals surface area contributed by atoms with Crippen LogP contribution in [-0.2, 0) is 19.7 Å². The lowest BCUT2D eigenvalue weighted by Gasteiger charge is -2.26. The zero-order valence-corrected chi connectivity index (χ0v) is 12.9. The smallest absolute Gasteiger partial charge is 0.431 e. The van der Waals surface area contributed by atoms with Crippen LogP contribution in [0.3, 0.4) is 0 Å². The van der Waals surface area contributed by atoms with Gasteiger partial charge in [-0.3, -0.25) is 0 Å². The van der Waals surface area contributed by atoms with Crippen molar-refractivity contribution in [1.29, 1.82) is 0 Å². The number of rotatable bonds is 6. The van der Waals surface area contributed by atoms with E-state index in [1.165, 1.54) is 8.61 Å². The molecule has 0 aromatic carbocycles. The highest BCUT2D eigenvalue weighted by molar-refractivity contribution is 7.86. The third-order valence-corrected chi connectivity index (χ3v) is 4.92. The van der Waals surface area contributed by atoms with Crippen molar-refractivity contribution in [2.24, 2.45) is 0 Å². The lowest BCUT2D eigenvalue weighted by molar-refractivity contribution is 0.131. The van der Waals surface area contributed by atoms with Gasteiger partial charge in [0.2, 0.25) is 0 Å². The molecule has 0 saturated carbocycles. The molecule has 0 radical (unpaired) electrons. The zero-order chi connectivity index (χ0) is 14.9. The monoisotopic (exact) mass is 296 g/mol. The molecular weight excluding hydrogens is 272 g/mol. The fraction of sp³-hybridized carbons (Fsp3) is 0.909. The van der Waals surface area contributed by atoms with Crippen molar-refractivity contribution >= 4 is 16.4 Å². The number of hydrogen-bond donors (Lipinski definition) is 0. The van der Waals surface area contributed by atoms with Crippen molar-refractivity contribution in [3.05, 3.63) is 0 Å². The predicted octanol–water partition coefficient (Wildman–Crippen LogP) is 1.07. The van der Waals surface area contributed by atoms with Gasteiger partial charge >= 0.3 is 6.16 Å². The SMILES string of the molecule is CCN(CC)S(=O)(=O)N(CC)CC.O=C1OCCO1. The van der Waals surface area contributed by atoms with Crippen LogP contribution in [0.5, 0.6) is 0 Å². The maximum Gasteiger partial charge on any atom is 0.508 e. The fourth-order valence-electron chi connectivity index (χ4n) is 1.55. The summed E-state index contributed by atoms with van der Waals surface area (Å²) in [5.41, 5.74) is 0. The summed E-state index contributed by atoms with van der Waals surface area (Å²) in [6.45, 7) is 10.4. The molecule has 1 saturated heterocycles. The Labute approximate surface area is 115 Å². The minimum atomic E-state index is -3.20. The highest BCUT2D eigenvalue weighted by Crippen LogP contribution is 2.06. The maximum absolute atomic E-state index is 11.8. The molecule has 0 atom stereocenters. The van der Waals surface area contributed by atoms with Crippen molar-refractivity contribution < 1.29 is 22.7 Å². The van der Waals surface area contributed by atoms with Gasteiger partial charge in [0, 0.05) is 26.2 Å². The minimum Gasteiger partial charge on any atom is -0.431 e. The van der Waals surface area contributed by atoms with Gasteiger partial charge in [-0.05, 0) is 0 Å². The fourth-order valence-corrected chi connectivity index (χ4v) is 3.19. The molecular formula is C11H24N2O5S. The summed E-state index contributed by atoms with van der Waals surface area (Å²) in [7, 11) is -3.20. The van der Waals surface area contributed by atoms with E-state index < -0.39 is 16.4 Å². The van der Waals surface area contributed by atoms with E-state index in [0.29, 0.717) is 39.4 Å². The summed E-state index contributed by atoms with van der Waals surface area (Å²) in [6.07, 6.45) is -0.546. The second kappa shape index (κ2) is 9.11. The van der Waals surface area contributed by atoms with Crippen LogP contribution in [0.1, 0.15) is 27.7 Å². The average molecular weight is 296 g/mol. The molecule has 1 fully saturated rings. The summed E-state index contributed by atoms with van der Waals surface area (Å²) in [5, 5.41) is 0. The third kappa shape index (κ3) is 5.75. The van der Waals surface area contributed by atoms with E-state index in [-0.39, 0.29) is 0 Å². The molecule has 0 unspecified atom stereocenters. The van der Waals surface area contributed by atoms with E-state index in [0.717, 1.165) is 0 Å². The molecule has 1 aliphatic heterocycles. The second-order valence-electron chi connectivity index (χ2n) is 3.62. The van der Waals surface area contributed by atoms with Gasteiger partial charge in [0.25, 0.3) is 10.2 Å². The van der Waals surface area contributed by atoms with E-state index in [9.17, 15) is 13.2 Å². The first-order valence-corrected chi connectivity index (χ1v) is 7.88. The third-order valence-electron chi connectivity index (χ3n) is 2.59. The van der Waals surface area contributed by atoms with Gasteiger partial charge < -0.3 is 9.47 Å². The molecule has 0 aromatic rings. The highest BCUT2D eigenvalue weighted by atomic mass is 32.2. The molecule has 114 valence electrons. The number of ether oxygens (including phenoxy) is 2. The van der Waals surface area contributed by atoms with E-state index >= 15 is 0 Å². The summed E-state index contributed by atoms with van der Waals surface area (Å²) in [6, 6.07) is 0. The molecule has 1 aliphatic rings. The first kappa shape index (κ1) is 18.1.